The van der Waals surface area contributed by atoms with Gasteiger partial charge in [0.25, 0.3) is 0 Å². The third-order valence-corrected chi connectivity index (χ3v) is 4.76. The maximum atomic E-state index is 13.0. The quantitative estimate of drug-likeness (QED) is 0.627. The van der Waals surface area contributed by atoms with Crippen LogP contribution in [0.3, 0.4) is 0 Å². The van der Waals surface area contributed by atoms with E-state index in [0.29, 0.717) is 18.8 Å². The highest BCUT2D eigenvalue weighted by Crippen LogP contribution is 2.38. The van der Waals surface area contributed by atoms with E-state index >= 15 is 0 Å². The fourth-order valence-corrected chi connectivity index (χ4v) is 3.42. The minimum atomic E-state index is -4.37. The number of hydrogen-bond acceptors (Lipinski definition) is 3. The summed E-state index contributed by atoms with van der Waals surface area (Å²) in [5.41, 5.74) is 1.55. The number of benzene rings is 2. The van der Waals surface area contributed by atoms with Gasteiger partial charge in [-0.1, -0.05) is 18.2 Å². The number of para-hydroxylation sites is 2. The Bertz CT molecular complexity index is 968. The van der Waals surface area contributed by atoms with E-state index in [0.717, 1.165) is 29.1 Å². The smallest absolute Gasteiger partial charge is 0.416 e. The lowest BCUT2D eigenvalue weighted by Crippen LogP contribution is -2.23. The standard InChI is InChI=1S/C21H19F3N2O2/c1-27-19-8-3-2-7-18(19)26-11-12-28-20(26)15-9-10-25(14-15)17-6-4-5-16(13-17)21(22,23)24/h2-10,13-14,20H,11-12H2,1H3/t20-/m1/s1. The van der Waals surface area contributed by atoms with Crippen molar-refractivity contribution in [2.75, 3.05) is 25.2 Å². The molecule has 0 amide bonds. The molecule has 0 aliphatic carbocycles. The van der Waals surface area contributed by atoms with Gasteiger partial charge in [0.1, 0.15) is 5.75 Å². The zero-order chi connectivity index (χ0) is 19.7. The van der Waals surface area contributed by atoms with Crippen molar-refractivity contribution in [3.8, 4) is 11.4 Å². The van der Waals surface area contributed by atoms with Gasteiger partial charge in [0.05, 0.1) is 25.0 Å². The lowest BCUT2D eigenvalue weighted by molar-refractivity contribution is -0.137. The molecule has 0 unspecified atom stereocenters. The Balaban J connectivity index is 1.64. The highest BCUT2D eigenvalue weighted by Gasteiger charge is 2.31. The SMILES string of the molecule is COc1ccccc1N1CCO[C@@H]1c1ccn(-c2cccc(C(F)(F)F)c2)c1. The monoisotopic (exact) mass is 388 g/mol. The number of hydrogen-bond donors (Lipinski definition) is 0. The van der Waals surface area contributed by atoms with Crippen LogP contribution in [0.4, 0.5) is 18.9 Å². The average Bonchev–Trinajstić information content (AvgIpc) is 3.36. The molecule has 1 aliphatic rings. The highest BCUT2D eigenvalue weighted by atomic mass is 19.4. The molecular formula is C21H19F3N2O2. The first kappa shape index (κ1) is 18.4. The van der Waals surface area contributed by atoms with E-state index in [1.54, 1.807) is 30.1 Å². The molecule has 1 atom stereocenters. The van der Waals surface area contributed by atoms with Crippen LogP contribution in [0.5, 0.6) is 5.75 Å². The molecule has 4 rings (SSSR count). The number of nitrogens with zero attached hydrogens (tertiary/aromatic N) is 2. The summed E-state index contributed by atoms with van der Waals surface area (Å²) in [7, 11) is 1.62. The summed E-state index contributed by atoms with van der Waals surface area (Å²) in [6.45, 7) is 1.25. The first-order valence-corrected chi connectivity index (χ1v) is 8.84. The largest absolute Gasteiger partial charge is 0.495 e. The summed E-state index contributed by atoms with van der Waals surface area (Å²) < 4.78 is 52.0. The molecule has 1 aliphatic heterocycles. The summed E-state index contributed by atoms with van der Waals surface area (Å²) in [5, 5.41) is 0. The maximum Gasteiger partial charge on any atom is 0.416 e. The zero-order valence-corrected chi connectivity index (χ0v) is 15.2. The van der Waals surface area contributed by atoms with Crippen LogP contribution in [0, 0.1) is 0 Å². The van der Waals surface area contributed by atoms with Gasteiger partial charge in [-0.3, -0.25) is 0 Å². The fourth-order valence-electron chi connectivity index (χ4n) is 3.42. The second kappa shape index (κ2) is 7.24. The molecule has 0 saturated carbocycles. The van der Waals surface area contributed by atoms with Crippen molar-refractivity contribution < 1.29 is 22.6 Å². The van der Waals surface area contributed by atoms with E-state index in [1.807, 2.05) is 30.3 Å². The van der Waals surface area contributed by atoms with E-state index in [4.69, 9.17) is 9.47 Å². The third-order valence-electron chi connectivity index (χ3n) is 4.76. The molecule has 1 saturated heterocycles. The molecule has 2 aromatic carbocycles. The maximum absolute atomic E-state index is 13.0. The fraction of sp³-hybridized carbons (Fsp3) is 0.238. The summed E-state index contributed by atoms with van der Waals surface area (Å²) in [4.78, 5) is 2.09. The van der Waals surface area contributed by atoms with Crippen molar-refractivity contribution in [2.24, 2.45) is 0 Å². The first-order valence-electron chi connectivity index (χ1n) is 8.84. The van der Waals surface area contributed by atoms with Gasteiger partial charge in [0, 0.05) is 30.2 Å². The van der Waals surface area contributed by atoms with Crippen molar-refractivity contribution >= 4 is 5.69 Å². The number of halogens is 3. The van der Waals surface area contributed by atoms with Crippen LogP contribution in [-0.2, 0) is 10.9 Å². The lowest BCUT2D eigenvalue weighted by atomic mass is 10.2. The van der Waals surface area contributed by atoms with Gasteiger partial charge in [-0.05, 0) is 36.4 Å². The van der Waals surface area contributed by atoms with Crippen LogP contribution in [0.1, 0.15) is 17.4 Å². The van der Waals surface area contributed by atoms with Crippen LogP contribution in [0.2, 0.25) is 0 Å². The third kappa shape index (κ3) is 3.45. The zero-order valence-electron chi connectivity index (χ0n) is 15.2. The first-order chi connectivity index (χ1) is 13.5. The Morgan fingerprint density at radius 3 is 2.68 bits per heavy atom. The number of rotatable bonds is 4. The van der Waals surface area contributed by atoms with Gasteiger partial charge in [0.15, 0.2) is 6.23 Å². The molecule has 1 aromatic heterocycles. The number of aromatic nitrogens is 1. The van der Waals surface area contributed by atoms with Gasteiger partial charge in [-0.25, -0.2) is 0 Å². The minimum Gasteiger partial charge on any atom is -0.495 e. The average molecular weight is 388 g/mol. The van der Waals surface area contributed by atoms with Crippen LogP contribution in [0.25, 0.3) is 5.69 Å². The van der Waals surface area contributed by atoms with E-state index in [9.17, 15) is 13.2 Å². The molecule has 0 spiro atoms. The summed E-state index contributed by atoms with van der Waals surface area (Å²) >= 11 is 0. The Morgan fingerprint density at radius 1 is 1.07 bits per heavy atom. The highest BCUT2D eigenvalue weighted by molar-refractivity contribution is 5.60. The Kier molecular flexibility index (Phi) is 4.77. The van der Waals surface area contributed by atoms with Gasteiger partial charge >= 0.3 is 6.18 Å². The Labute approximate surface area is 160 Å². The molecular weight excluding hydrogens is 369 g/mol. The normalized spacial score (nSPS) is 17.1. The molecule has 2 heterocycles. The molecule has 3 aromatic rings. The summed E-state index contributed by atoms with van der Waals surface area (Å²) in [6.07, 6.45) is -1.16. The van der Waals surface area contributed by atoms with Crippen LogP contribution < -0.4 is 9.64 Å². The van der Waals surface area contributed by atoms with Crippen LogP contribution >= 0.6 is 0 Å². The Hall–Kier alpha value is -2.93. The van der Waals surface area contributed by atoms with Crippen molar-refractivity contribution in [3.05, 3.63) is 78.1 Å². The van der Waals surface area contributed by atoms with E-state index in [2.05, 4.69) is 4.90 Å². The Morgan fingerprint density at radius 2 is 1.89 bits per heavy atom. The lowest BCUT2D eigenvalue weighted by Gasteiger charge is -2.26. The number of methoxy groups -OCH3 is 1. The molecule has 146 valence electrons. The van der Waals surface area contributed by atoms with Crippen LogP contribution in [-0.4, -0.2) is 24.8 Å². The molecule has 4 nitrogen and oxygen atoms in total. The van der Waals surface area contributed by atoms with Gasteiger partial charge in [-0.15, -0.1) is 0 Å². The van der Waals surface area contributed by atoms with E-state index in [-0.39, 0.29) is 6.23 Å². The van der Waals surface area contributed by atoms with Crippen molar-refractivity contribution in [1.29, 1.82) is 0 Å². The topological polar surface area (TPSA) is 26.6 Å². The number of alkyl halides is 3. The molecule has 0 radical (unpaired) electrons. The molecule has 1 fully saturated rings. The second-order valence-electron chi connectivity index (χ2n) is 6.49. The predicted molar refractivity (Wildman–Crippen MR) is 99.8 cm³/mol. The van der Waals surface area contributed by atoms with Gasteiger partial charge < -0.3 is 18.9 Å². The number of ether oxygens (including phenoxy) is 2. The second-order valence-corrected chi connectivity index (χ2v) is 6.49. The summed E-state index contributed by atoms with van der Waals surface area (Å²) in [6, 6.07) is 14.8. The van der Waals surface area contributed by atoms with Crippen molar-refractivity contribution in [2.45, 2.75) is 12.4 Å². The molecule has 28 heavy (non-hydrogen) atoms. The van der Waals surface area contributed by atoms with Crippen molar-refractivity contribution in [3.63, 3.8) is 0 Å². The molecule has 7 heteroatoms. The van der Waals surface area contributed by atoms with Crippen LogP contribution in [0.15, 0.2) is 67.0 Å². The van der Waals surface area contributed by atoms with Gasteiger partial charge in [0.2, 0.25) is 0 Å². The van der Waals surface area contributed by atoms with E-state index in [1.165, 1.54) is 6.07 Å². The van der Waals surface area contributed by atoms with Gasteiger partial charge in [-0.2, -0.15) is 13.2 Å². The van der Waals surface area contributed by atoms with Crippen molar-refractivity contribution in [1.82, 2.24) is 4.57 Å². The minimum absolute atomic E-state index is 0.330. The van der Waals surface area contributed by atoms with E-state index < -0.39 is 11.7 Å². The number of anilines is 1. The molecule has 0 N–H and O–H groups in total. The summed E-state index contributed by atoms with van der Waals surface area (Å²) in [5.74, 6) is 0.746. The molecule has 0 bridgehead atoms. The predicted octanol–water partition coefficient (Wildman–Crippen LogP) is 5.04.